The first-order chi connectivity index (χ1) is 11.1. The van der Waals surface area contributed by atoms with Crippen molar-refractivity contribution in [3.63, 3.8) is 0 Å². The third-order valence-corrected chi connectivity index (χ3v) is 4.22. The molecular weight excluding hydrogens is 294 g/mol. The molecule has 0 saturated heterocycles. The van der Waals surface area contributed by atoms with Crippen molar-refractivity contribution in [3.8, 4) is 17.2 Å². The maximum atomic E-state index is 5.46. The first-order valence-corrected chi connectivity index (χ1v) is 7.79. The molecule has 1 aromatic heterocycles. The number of aromatic nitrogens is 2. The number of rotatable bonds is 6. The van der Waals surface area contributed by atoms with Crippen LogP contribution in [0.1, 0.15) is 31.0 Å². The lowest BCUT2D eigenvalue weighted by Crippen LogP contribution is -2.33. The van der Waals surface area contributed by atoms with Crippen molar-refractivity contribution in [1.82, 2.24) is 15.1 Å². The molecule has 0 saturated carbocycles. The fourth-order valence-electron chi connectivity index (χ4n) is 2.62. The molecule has 0 radical (unpaired) electrons. The monoisotopic (exact) mass is 317 g/mol. The highest BCUT2D eigenvalue weighted by molar-refractivity contribution is 5.55. The van der Waals surface area contributed by atoms with Crippen LogP contribution in [0.4, 0.5) is 0 Å². The molecular formula is C17H23N3O3. The van der Waals surface area contributed by atoms with E-state index in [1.807, 2.05) is 29.9 Å². The van der Waals surface area contributed by atoms with Crippen LogP contribution in [-0.2, 0) is 6.54 Å². The summed E-state index contributed by atoms with van der Waals surface area (Å²) in [5.41, 5.74) is 2.27. The van der Waals surface area contributed by atoms with Gasteiger partial charge in [0.15, 0.2) is 11.5 Å². The van der Waals surface area contributed by atoms with Gasteiger partial charge < -0.3 is 19.5 Å². The number of aryl methyl sites for hydroxylation is 1. The van der Waals surface area contributed by atoms with Crippen molar-refractivity contribution in [2.24, 2.45) is 0 Å². The van der Waals surface area contributed by atoms with Crippen LogP contribution < -0.4 is 19.5 Å². The summed E-state index contributed by atoms with van der Waals surface area (Å²) < 4.78 is 18.3. The zero-order valence-corrected chi connectivity index (χ0v) is 14.0. The Morgan fingerprint density at radius 1 is 1.35 bits per heavy atom. The van der Waals surface area contributed by atoms with Gasteiger partial charge >= 0.3 is 0 Å². The number of nitrogens with one attached hydrogen (secondary N) is 1. The van der Waals surface area contributed by atoms with Crippen LogP contribution in [0.2, 0.25) is 0 Å². The predicted octanol–water partition coefficient (Wildman–Crippen LogP) is 2.67. The third kappa shape index (κ3) is 3.27. The van der Waals surface area contributed by atoms with Gasteiger partial charge in [-0.15, -0.1) is 0 Å². The average Bonchev–Trinajstić information content (AvgIpc) is 3.19. The molecule has 2 heterocycles. The second-order valence-corrected chi connectivity index (χ2v) is 5.94. The van der Waals surface area contributed by atoms with E-state index < -0.39 is 0 Å². The summed E-state index contributed by atoms with van der Waals surface area (Å²) in [6.45, 7) is 7.33. The Hall–Kier alpha value is -2.21. The van der Waals surface area contributed by atoms with Gasteiger partial charge in [0, 0.05) is 18.8 Å². The summed E-state index contributed by atoms with van der Waals surface area (Å²) in [6.07, 6.45) is 3.94. The highest BCUT2D eigenvalue weighted by Gasteiger charge is 2.21. The summed E-state index contributed by atoms with van der Waals surface area (Å²) in [5, 5.41) is 7.92. The molecule has 1 aromatic carbocycles. The van der Waals surface area contributed by atoms with E-state index in [9.17, 15) is 0 Å². The molecule has 124 valence electrons. The summed E-state index contributed by atoms with van der Waals surface area (Å²) in [6, 6.07) is 4.51. The predicted molar refractivity (Wildman–Crippen MR) is 87.1 cm³/mol. The molecule has 3 rings (SSSR count). The molecule has 0 amide bonds. The molecule has 2 unspecified atom stereocenters. The highest BCUT2D eigenvalue weighted by atomic mass is 16.7. The molecule has 2 aromatic rings. The largest absolute Gasteiger partial charge is 0.493 e. The SMILES string of the molecule is COc1cc(CNC(C)C(C)n2cc(C)cn2)cc2c1OCO2. The maximum absolute atomic E-state index is 5.46. The summed E-state index contributed by atoms with van der Waals surface area (Å²) in [5.74, 6) is 2.13. The first-order valence-electron chi connectivity index (χ1n) is 7.79. The molecule has 0 bridgehead atoms. The van der Waals surface area contributed by atoms with Crippen molar-refractivity contribution in [3.05, 3.63) is 35.7 Å². The second-order valence-electron chi connectivity index (χ2n) is 5.94. The molecule has 2 atom stereocenters. The minimum atomic E-state index is 0.245. The zero-order valence-electron chi connectivity index (χ0n) is 14.0. The van der Waals surface area contributed by atoms with E-state index in [0.29, 0.717) is 11.5 Å². The van der Waals surface area contributed by atoms with E-state index in [1.54, 1.807) is 7.11 Å². The lowest BCUT2D eigenvalue weighted by atomic mass is 10.1. The molecule has 1 aliphatic heterocycles. The Kier molecular flexibility index (Phi) is 4.43. The molecule has 0 spiro atoms. The van der Waals surface area contributed by atoms with E-state index in [0.717, 1.165) is 17.9 Å². The molecule has 1 N–H and O–H groups in total. The molecule has 23 heavy (non-hydrogen) atoms. The fourth-order valence-corrected chi connectivity index (χ4v) is 2.62. The fraction of sp³-hybridized carbons (Fsp3) is 0.471. The average molecular weight is 317 g/mol. The zero-order chi connectivity index (χ0) is 16.4. The topological polar surface area (TPSA) is 57.5 Å². The van der Waals surface area contributed by atoms with Crippen LogP contribution in [0.3, 0.4) is 0 Å². The van der Waals surface area contributed by atoms with Crippen LogP contribution in [0.25, 0.3) is 0 Å². The Morgan fingerprint density at radius 2 is 2.17 bits per heavy atom. The van der Waals surface area contributed by atoms with Gasteiger partial charge in [-0.3, -0.25) is 4.68 Å². The Balaban J connectivity index is 1.66. The van der Waals surface area contributed by atoms with E-state index in [-0.39, 0.29) is 18.9 Å². The van der Waals surface area contributed by atoms with Crippen molar-refractivity contribution >= 4 is 0 Å². The lowest BCUT2D eigenvalue weighted by molar-refractivity contribution is 0.171. The quantitative estimate of drug-likeness (QED) is 0.887. The highest BCUT2D eigenvalue weighted by Crippen LogP contribution is 2.41. The van der Waals surface area contributed by atoms with Crippen LogP contribution >= 0.6 is 0 Å². The van der Waals surface area contributed by atoms with Gasteiger partial charge in [-0.05, 0) is 44.0 Å². The van der Waals surface area contributed by atoms with Crippen LogP contribution in [-0.4, -0.2) is 29.7 Å². The van der Waals surface area contributed by atoms with Gasteiger partial charge in [-0.2, -0.15) is 5.10 Å². The van der Waals surface area contributed by atoms with Crippen molar-refractivity contribution in [1.29, 1.82) is 0 Å². The molecule has 0 fully saturated rings. The summed E-state index contributed by atoms with van der Waals surface area (Å²) >= 11 is 0. The second kappa shape index (κ2) is 6.50. The number of ether oxygens (including phenoxy) is 3. The molecule has 1 aliphatic rings. The number of fused-ring (bicyclic) bond motifs is 1. The minimum Gasteiger partial charge on any atom is -0.493 e. The standard InChI is InChI=1S/C17H23N3O3/c1-11-7-19-20(9-11)13(3)12(2)18-8-14-5-15(21-4)17-16(6-14)22-10-23-17/h5-7,9,12-13,18H,8,10H2,1-4H3. The van der Waals surface area contributed by atoms with E-state index >= 15 is 0 Å². The van der Waals surface area contributed by atoms with Gasteiger partial charge in [0.2, 0.25) is 12.5 Å². The number of methoxy groups -OCH3 is 1. The summed E-state index contributed by atoms with van der Waals surface area (Å²) in [7, 11) is 1.64. The van der Waals surface area contributed by atoms with Crippen molar-refractivity contribution in [2.45, 2.75) is 39.4 Å². The van der Waals surface area contributed by atoms with E-state index in [1.165, 1.54) is 5.56 Å². The van der Waals surface area contributed by atoms with Gasteiger partial charge in [-0.1, -0.05) is 0 Å². The van der Waals surface area contributed by atoms with Crippen molar-refractivity contribution in [2.75, 3.05) is 13.9 Å². The van der Waals surface area contributed by atoms with Gasteiger partial charge in [0.1, 0.15) is 0 Å². The Bertz CT molecular complexity index is 684. The van der Waals surface area contributed by atoms with Crippen molar-refractivity contribution < 1.29 is 14.2 Å². The van der Waals surface area contributed by atoms with E-state index in [4.69, 9.17) is 14.2 Å². The Morgan fingerprint density at radius 3 is 2.87 bits per heavy atom. The number of hydrogen-bond acceptors (Lipinski definition) is 5. The molecule has 6 nitrogen and oxygen atoms in total. The van der Waals surface area contributed by atoms with Crippen LogP contribution in [0.15, 0.2) is 24.5 Å². The number of benzene rings is 1. The number of hydrogen-bond donors (Lipinski definition) is 1. The van der Waals surface area contributed by atoms with Gasteiger partial charge in [0.25, 0.3) is 0 Å². The Labute approximate surface area is 136 Å². The van der Waals surface area contributed by atoms with Crippen LogP contribution in [0.5, 0.6) is 17.2 Å². The number of nitrogens with zero attached hydrogens (tertiary/aromatic N) is 2. The first kappa shape index (κ1) is 15.7. The lowest BCUT2D eigenvalue weighted by Gasteiger charge is -2.22. The van der Waals surface area contributed by atoms with Gasteiger partial charge in [-0.25, -0.2) is 0 Å². The molecule has 0 aliphatic carbocycles. The van der Waals surface area contributed by atoms with E-state index in [2.05, 4.69) is 30.5 Å². The molecule has 6 heteroatoms. The smallest absolute Gasteiger partial charge is 0.231 e. The van der Waals surface area contributed by atoms with Crippen LogP contribution in [0, 0.1) is 6.92 Å². The normalized spacial score (nSPS) is 15.5. The van der Waals surface area contributed by atoms with Gasteiger partial charge in [0.05, 0.1) is 19.3 Å². The summed E-state index contributed by atoms with van der Waals surface area (Å²) in [4.78, 5) is 0. The minimum absolute atomic E-state index is 0.245. The maximum Gasteiger partial charge on any atom is 0.231 e. The third-order valence-electron chi connectivity index (χ3n) is 4.22.